The summed E-state index contributed by atoms with van der Waals surface area (Å²) in [5.41, 5.74) is 6.76. The third-order valence-corrected chi connectivity index (χ3v) is 2.18. The second kappa shape index (κ2) is 4.20. The van der Waals surface area contributed by atoms with Gasteiger partial charge in [0.1, 0.15) is 11.4 Å². The van der Waals surface area contributed by atoms with E-state index in [1.807, 2.05) is 6.92 Å². The highest BCUT2D eigenvalue weighted by atomic mass is 16.5. The molecule has 0 saturated heterocycles. The largest absolute Gasteiger partial charge is 0.465 e. The van der Waals surface area contributed by atoms with Crippen LogP contribution in [0.3, 0.4) is 0 Å². The Morgan fingerprint density at radius 1 is 1.53 bits per heavy atom. The number of aryl methyl sites for hydroxylation is 1. The van der Waals surface area contributed by atoms with Crippen molar-refractivity contribution in [2.75, 3.05) is 12.8 Å². The van der Waals surface area contributed by atoms with Crippen LogP contribution in [0.5, 0.6) is 0 Å². The number of hydrogen-bond donors (Lipinski definition) is 1. The minimum atomic E-state index is -0.540. The first-order chi connectivity index (χ1) is 8.13. The molecule has 0 aliphatic rings. The zero-order chi connectivity index (χ0) is 12.4. The van der Waals surface area contributed by atoms with Gasteiger partial charge in [-0.15, -0.1) is 0 Å². The molecule has 0 aliphatic carbocycles. The Morgan fingerprint density at radius 3 is 2.94 bits per heavy atom. The molecule has 0 saturated carbocycles. The predicted molar refractivity (Wildman–Crippen MR) is 59.6 cm³/mol. The highest BCUT2D eigenvalue weighted by Gasteiger charge is 2.17. The Balaban J connectivity index is 2.48. The number of rotatable bonds is 2. The standard InChI is InChI=1S/C10H11N5O2/c1-6-3-4-12-10(14-6)15-8(11)7(5-13-15)9(16)17-2/h3-5H,11H2,1-2H3. The molecule has 88 valence electrons. The number of nitrogens with two attached hydrogens (primary N) is 1. The van der Waals surface area contributed by atoms with E-state index in [0.717, 1.165) is 5.69 Å². The molecule has 0 aliphatic heterocycles. The van der Waals surface area contributed by atoms with Gasteiger partial charge in [0, 0.05) is 11.9 Å². The monoisotopic (exact) mass is 233 g/mol. The molecule has 0 aromatic carbocycles. The minimum Gasteiger partial charge on any atom is -0.465 e. The van der Waals surface area contributed by atoms with Crippen LogP contribution in [0.2, 0.25) is 0 Å². The van der Waals surface area contributed by atoms with Crippen LogP contribution in [-0.4, -0.2) is 32.8 Å². The first-order valence-electron chi connectivity index (χ1n) is 4.85. The van der Waals surface area contributed by atoms with Gasteiger partial charge in [0.05, 0.1) is 13.3 Å². The summed E-state index contributed by atoms with van der Waals surface area (Å²) >= 11 is 0. The summed E-state index contributed by atoms with van der Waals surface area (Å²) in [6, 6.07) is 1.75. The van der Waals surface area contributed by atoms with Gasteiger partial charge in [-0.25, -0.2) is 14.8 Å². The van der Waals surface area contributed by atoms with Crippen LogP contribution in [0.15, 0.2) is 18.5 Å². The highest BCUT2D eigenvalue weighted by Crippen LogP contribution is 2.15. The van der Waals surface area contributed by atoms with Crippen molar-refractivity contribution in [2.24, 2.45) is 0 Å². The predicted octanol–water partition coefficient (Wildman–Crippen LogP) is 0.340. The molecule has 2 aromatic heterocycles. The lowest BCUT2D eigenvalue weighted by Gasteiger charge is -2.03. The van der Waals surface area contributed by atoms with Crippen LogP contribution in [-0.2, 0) is 4.74 Å². The van der Waals surface area contributed by atoms with Crippen molar-refractivity contribution >= 4 is 11.8 Å². The van der Waals surface area contributed by atoms with E-state index in [2.05, 4.69) is 19.8 Å². The molecule has 0 unspecified atom stereocenters. The lowest BCUT2D eigenvalue weighted by molar-refractivity contribution is 0.0602. The molecule has 0 amide bonds. The summed E-state index contributed by atoms with van der Waals surface area (Å²) < 4.78 is 5.87. The molecule has 0 spiro atoms. The van der Waals surface area contributed by atoms with Crippen LogP contribution >= 0.6 is 0 Å². The molecule has 17 heavy (non-hydrogen) atoms. The molecule has 0 radical (unpaired) electrons. The number of carbonyl (C=O) groups excluding carboxylic acids is 1. The van der Waals surface area contributed by atoms with Gasteiger partial charge in [-0.1, -0.05) is 0 Å². The Kier molecular flexibility index (Phi) is 2.73. The Morgan fingerprint density at radius 2 is 2.29 bits per heavy atom. The summed E-state index contributed by atoms with van der Waals surface area (Å²) in [6.45, 7) is 1.83. The fourth-order valence-electron chi connectivity index (χ4n) is 1.32. The number of ether oxygens (including phenoxy) is 1. The van der Waals surface area contributed by atoms with Gasteiger partial charge in [0.25, 0.3) is 5.95 Å². The van der Waals surface area contributed by atoms with Crippen molar-refractivity contribution < 1.29 is 9.53 Å². The number of aromatic nitrogens is 4. The maximum atomic E-state index is 11.3. The highest BCUT2D eigenvalue weighted by molar-refractivity contribution is 5.94. The first kappa shape index (κ1) is 11.1. The van der Waals surface area contributed by atoms with E-state index in [0.29, 0.717) is 5.95 Å². The Bertz CT molecular complexity index is 564. The normalized spacial score (nSPS) is 10.2. The Labute approximate surface area is 97.2 Å². The molecule has 2 heterocycles. The lowest BCUT2D eigenvalue weighted by atomic mass is 10.3. The molecule has 2 N–H and O–H groups in total. The SMILES string of the molecule is COC(=O)c1cnn(-c2nccc(C)n2)c1N. The smallest absolute Gasteiger partial charge is 0.343 e. The molecule has 2 rings (SSSR count). The van der Waals surface area contributed by atoms with E-state index in [9.17, 15) is 4.79 Å². The fraction of sp³-hybridized carbons (Fsp3) is 0.200. The number of methoxy groups -OCH3 is 1. The van der Waals surface area contributed by atoms with Gasteiger partial charge >= 0.3 is 5.97 Å². The second-order valence-corrected chi connectivity index (χ2v) is 3.34. The average molecular weight is 233 g/mol. The molecular weight excluding hydrogens is 222 g/mol. The van der Waals surface area contributed by atoms with Crippen molar-refractivity contribution in [3.8, 4) is 5.95 Å². The van der Waals surface area contributed by atoms with Crippen molar-refractivity contribution in [1.29, 1.82) is 0 Å². The third-order valence-electron chi connectivity index (χ3n) is 2.18. The van der Waals surface area contributed by atoms with Gasteiger partial charge in [0.15, 0.2) is 0 Å². The molecule has 0 bridgehead atoms. The van der Waals surface area contributed by atoms with E-state index in [1.165, 1.54) is 18.0 Å². The summed E-state index contributed by atoms with van der Waals surface area (Å²) in [4.78, 5) is 19.5. The van der Waals surface area contributed by atoms with Gasteiger partial charge < -0.3 is 10.5 Å². The summed E-state index contributed by atoms with van der Waals surface area (Å²) in [6.07, 6.45) is 2.92. The van der Waals surface area contributed by atoms with E-state index in [4.69, 9.17) is 5.73 Å². The lowest BCUT2D eigenvalue weighted by Crippen LogP contribution is -2.09. The number of anilines is 1. The quantitative estimate of drug-likeness (QED) is 0.751. The van der Waals surface area contributed by atoms with Gasteiger partial charge in [-0.2, -0.15) is 9.78 Å². The number of esters is 1. The zero-order valence-corrected chi connectivity index (χ0v) is 9.41. The van der Waals surface area contributed by atoms with Crippen molar-refractivity contribution in [3.63, 3.8) is 0 Å². The second-order valence-electron chi connectivity index (χ2n) is 3.34. The van der Waals surface area contributed by atoms with Crippen LogP contribution in [0.1, 0.15) is 16.1 Å². The van der Waals surface area contributed by atoms with E-state index < -0.39 is 5.97 Å². The van der Waals surface area contributed by atoms with E-state index in [-0.39, 0.29) is 11.4 Å². The topological polar surface area (TPSA) is 95.9 Å². The first-order valence-corrected chi connectivity index (χ1v) is 4.85. The number of hydrogen-bond acceptors (Lipinski definition) is 6. The van der Waals surface area contributed by atoms with Crippen molar-refractivity contribution in [1.82, 2.24) is 19.7 Å². The van der Waals surface area contributed by atoms with Gasteiger partial charge in [0.2, 0.25) is 0 Å². The molecular formula is C10H11N5O2. The molecule has 7 heteroatoms. The molecule has 7 nitrogen and oxygen atoms in total. The summed E-state index contributed by atoms with van der Waals surface area (Å²) in [7, 11) is 1.28. The van der Waals surface area contributed by atoms with E-state index in [1.54, 1.807) is 12.3 Å². The number of carbonyl (C=O) groups is 1. The maximum absolute atomic E-state index is 11.3. The van der Waals surface area contributed by atoms with Crippen LogP contribution in [0, 0.1) is 6.92 Å². The van der Waals surface area contributed by atoms with Gasteiger partial charge in [-0.05, 0) is 13.0 Å². The van der Waals surface area contributed by atoms with Crippen LogP contribution in [0.4, 0.5) is 5.82 Å². The van der Waals surface area contributed by atoms with Crippen LogP contribution in [0.25, 0.3) is 5.95 Å². The maximum Gasteiger partial charge on any atom is 0.343 e. The fourth-order valence-corrected chi connectivity index (χ4v) is 1.32. The summed E-state index contributed by atoms with van der Waals surface area (Å²) in [5.74, 6) is -0.0680. The molecule has 0 atom stereocenters. The van der Waals surface area contributed by atoms with Crippen LogP contribution < -0.4 is 5.73 Å². The van der Waals surface area contributed by atoms with Gasteiger partial charge in [-0.3, -0.25) is 0 Å². The van der Waals surface area contributed by atoms with Crippen molar-refractivity contribution in [2.45, 2.75) is 6.92 Å². The molecule has 2 aromatic rings. The van der Waals surface area contributed by atoms with E-state index >= 15 is 0 Å². The average Bonchev–Trinajstić information content (AvgIpc) is 2.70. The third kappa shape index (κ3) is 1.94. The zero-order valence-electron chi connectivity index (χ0n) is 9.41. The number of nitrogen functional groups attached to an aromatic ring is 1. The Hall–Kier alpha value is -2.44. The molecule has 0 fully saturated rings. The summed E-state index contributed by atoms with van der Waals surface area (Å²) in [5, 5.41) is 3.96. The minimum absolute atomic E-state index is 0.155. The van der Waals surface area contributed by atoms with Crippen molar-refractivity contribution in [3.05, 3.63) is 29.7 Å². The number of nitrogens with zero attached hydrogens (tertiary/aromatic N) is 4.